The molecule has 34 heavy (non-hydrogen) atoms. The van der Waals surface area contributed by atoms with Crippen molar-refractivity contribution in [1.82, 2.24) is 4.90 Å². The Kier molecular flexibility index (Phi) is 6.72. The Bertz CT molecular complexity index is 999. The summed E-state index contributed by atoms with van der Waals surface area (Å²) in [5.41, 5.74) is 1.32. The first-order chi connectivity index (χ1) is 16.0. The topological polar surface area (TPSA) is 95.9 Å². The zero-order chi connectivity index (χ0) is 25.0. The summed E-state index contributed by atoms with van der Waals surface area (Å²) in [6.45, 7) is 9.41. The maximum Gasteiger partial charge on any atom is 0.311 e. The third-order valence-corrected chi connectivity index (χ3v) is 10.1. The molecule has 1 aromatic rings. The number of benzene rings is 1. The molecule has 3 aliphatic heterocycles. The molecule has 1 aromatic carbocycles. The van der Waals surface area contributed by atoms with Crippen LogP contribution in [0, 0.1) is 24.7 Å². The zero-order valence-electron chi connectivity index (χ0n) is 20.3. The van der Waals surface area contributed by atoms with Gasteiger partial charge in [-0.3, -0.25) is 14.4 Å². The Morgan fingerprint density at radius 2 is 2.06 bits per heavy atom. The number of anilines is 1. The summed E-state index contributed by atoms with van der Waals surface area (Å²) in [7, 11) is 0. The lowest BCUT2D eigenvalue weighted by molar-refractivity contribution is -0.155. The number of fused-ring (bicyclic) bond motifs is 1. The van der Waals surface area contributed by atoms with E-state index in [1.165, 1.54) is 0 Å². The Balaban J connectivity index is 1.81. The minimum atomic E-state index is -0.841. The SMILES string of the molecule is CCOC(=O)[C@H]1[C@H]2C(=O)N([C@@H](CO)C(C)C)C(C(=O)Nc3c(C)cccc3Cl)C23CC[C@]1(C)S3. The van der Waals surface area contributed by atoms with Crippen LogP contribution in [0.1, 0.15) is 46.1 Å². The fraction of sp³-hybridized carbons (Fsp3) is 0.640. The molecule has 0 aromatic heterocycles. The van der Waals surface area contributed by atoms with Crippen LogP contribution in [0.15, 0.2) is 18.2 Å². The molecule has 3 heterocycles. The van der Waals surface area contributed by atoms with Crippen LogP contribution in [0.25, 0.3) is 0 Å². The molecule has 186 valence electrons. The van der Waals surface area contributed by atoms with Crippen molar-refractivity contribution in [3.8, 4) is 0 Å². The van der Waals surface area contributed by atoms with Crippen molar-refractivity contribution in [3.63, 3.8) is 0 Å². The number of hydrogen-bond donors (Lipinski definition) is 2. The van der Waals surface area contributed by atoms with Crippen molar-refractivity contribution < 1.29 is 24.2 Å². The number of esters is 1. The maximum atomic E-state index is 14.0. The van der Waals surface area contributed by atoms with E-state index in [9.17, 15) is 19.5 Å². The highest BCUT2D eigenvalue weighted by atomic mass is 35.5. The number of ether oxygens (including phenoxy) is 1. The van der Waals surface area contributed by atoms with Gasteiger partial charge in [0.25, 0.3) is 0 Å². The number of thioether (sulfide) groups is 1. The molecule has 6 atom stereocenters. The number of aliphatic hydroxyl groups is 1. The molecule has 0 aliphatic carbocycles. The van der Waals surface area contributed by atoms with Crippen LogP contribution in [0.3, 0.4) is 0 Å². The Morgan fingerprint density at radius 3 is 2.65 bits per heavy atom. The summed E-state index contributed by atoms with van der Waals surface area (Å²) in [4.78, 5) is 42.6. The smallest absolute Gasteiger partial charge is 0.311 e. The summed E-state index contributed by atoms with van der Waals surface area (Å²) in [5.74, 6) is -2.37. The Hall–Kier alpha value is -1.77. The molecule has 2 N–H and O–H groups in total. The van der Waals surface area contributed by atoms with Crippen molar-refractivity contribution in [2.75, 3.05) is 18.5 Å². The van der Waals surface area contributed by atoms with Gasteiger partial charge in [-0.15, -0.1) is 11.8 Å². The highest BCUT2D eigenvalue weighted by Crippen LogP contribution is 2.71. The van der Waals surface area contributed by atoms with Crippen LogP contribution in [0.2, 0.25) is 5.02 Å². The number of carbonyl (C=O) groups excluding carboxylic acids is 3. The molecular formula is C25H33ClN2O5S. The van der Waals surface area contributed by atoms with E-state index < -0.39 is 33.4 Å². The Labute approximate surface area is 209 Å². The molecule has 2 amide bonds. The number of carbonyl (C=O) groups is 3. The van der Waals surface area contributed by atoms with E-state index in [0.717, 1.165) is 5.56 Å². The van der Waals surface area contributed by atoms with Crippen LogP contribution in [0.4, 0.5) is 5.69 Å². The van der Waals surface area contributed by atoms with Gasteiger partial charge in [0, 0.05) is 4.75 Å². The molecule has 9 heteroatoms. The fourth-order valence-corrected chi connectivity index (χ4v) is 8.81. The molecule has 0 saturated carbocycles. The van der Waals surface area contributed by atoms with Gasteiger partial charge in [-0.1, -0.05) is 37.6 Å². The monoisotopic (exact) mass is 508 g/mol. The quantitative estimate of drug-likeness (QED) is 0.546. The number of likely N-dealkylation sites (tertiary alicyclic amines) is 1. The van der Waals surface area contributed by atoms with E-state index in [1.807, 2.05) is 39.8 Å². The lowest BCUT2D eigenvalue weighted by Gasteiger charge is -2.38. The predicted octanol–water partition coefficient (Wildman–Crippen LogP) is 3.65. The van der Waals surface area contributed by atoms with Gasteiger partial charge in [0.2, 0.25) is 11.8 Å². The summed E-state index contributed by atoms with van der Waals surface area (Å²) in [5, 5.41) is 13.6. The van der Waals surface area contributed by atoms with Gasteiger partial charge in [0.05, 0.1) is 46.5 Å². The minimum absolute atomic E-state index is 0.0830. The summed E-state index contributed by atoms with van der Waals surface area (Å²) >= 11 is 7.97. The van der Waals surface area contributed by atoms with Crippen molar-refractivity contribution in [1.29, 1.82) is 0 Å². The third-order valence-electron chi connectivity index (χ3n) is 7.79. The molecule has 3 aliphatic rings. The number of rotatable bonds is 7. The van der Waals surface area contributed by atoms with Crippen molar-refractivity contribution >= 4 is 46.8 Å². The number of aryl methyl sites for hydroxylation is 1. The number of aliphatic hydroxyl groups excluding tert-OH is 1. The maximum absolute atomic E-state index is 14.0. The van der Waals surface area contributed by atoms with Gasteiger partial charge >= 0.3 is 5.97 Å². The molecular weight excluding hydrogens is 476 g/mol. The van der Waals surface area contributed by atoms with Crippen LogP contribution in [-0.4, -0.2) is 62.6 Å². The average Bonchev–Trinajstić information content (AvgIpc) is 3.32. The van der Waals surface area contributed by atoms with E-state index in [-0.39, 0.29) is 36.9 Å². The van der Waals surface area contributed by atoms with Gasteiger partial charge in [-0.2, -0.15) is 0 Å². The van der Waals surface area contributed by atoms with Crippen molar-refractivity contribution in [2.45, 2.75) is 69.0 Å². The third kappa shape index (κ3) is 3.64. The largest absolute Gasteiger partial charge is 0.466 e. The van der Waals surface area contributed by atoms with Gasteiger partial charge in [0.15, 0.2) is 0 Å². The average molecular weight is 509 g/mol. The first-order valence-corrected chi connectivity index (χ1v) is 13.1. The summed E-state index contributed by atoms with van der Waals surface area (Å²) in [6, 6.07) is 3.99. The highest BCUT2D eigenvalue weighted by molar-refractivity contribution is 8.02. The lowest BCUT2D eigenvalue weighted by Crippen LogP contribution is -2.56. The lowest BCUT2D eigenvalue weighted by atomic mass is 9.66. The molecule has 0 radical (unpaired) electrons. The first kappa shape index (κ1) is 25.3. The van der Waals surface area contributed by atoms with Gasteiger partial charge in [0.1, 0.15) is 6.04 Å². The van der Waals surface area contributed by atoms with Gasteiger partial charge in [-0.05, 0) is 51.2 Å². The van der Waals surface area contributed by atoms with Gasteiger partial charge in [-0.25, -0.2) is 0 Å². The minimum Gasteiger partial charge on any atom is -0.466 e. The molecule has 3 fully saturated rings. The number of nitrogens with one attached hydrogen (secondary N) is 1. The fourth-order valence-electron chi connectivity index (χ4n) is 6.21. The summed E-state index contributed by atoms with van der Waals surface area (Å²) in [6.07, 6.45) is 1.34. The molecule has 2 bridgehead atoms. The normalized spacial score (nSPS) is 32.8. The number of halogens is 1. The van der Waals surface area contributed by atoms with Crippen LogP contribution < -0.4 is 5.32 Å². The first-order valence-electron chi connectivity index (χ1n) is 11.9. The molecule has 2 unspecified atom stereocenters. The second-order valence-electron chi connectivity index (χ2n) is 10.1. The standard InChI is InChI=1S/C25H33ClN2O5S/c1-6-33-23(32)18-17-22(31)28(16(12-29)13(2)3)20(25(17)11-10-24(18,5)34-25)21(30)27-19-14(4)8-7-9-15(19)26/h7-9,13,16-18,20,29H,6,10-12H2,1-5H3,(H,27,30)/t16-,17-,18+,20?,24-,25?/m0/s1. The van der Waals surface area contributed by atoms with Crippen molar-refractivity contribution in [3.05, 3.63) is 28.8 Å². The van der Waals surface area contributed by atoms with Crippen LogP contribution in [0.5, 0.6) is 0 Å². The number of para-hydroxylation sites is 1. The van der Waals surface area contributed by atoms with E-state index in [4.69, 9.17) is 16.3 Å². The number of amides is 2. The predicted molar refractivity (Wildman–Crippen MR) is 133 cm³/mol. The van der Waals surface area contributed by atoms with Crippen LogP contribution >= 0.6 is 23.4 Å². The second kappa shape index (κ2) is 9.03. The second-order valence-corrected chi connectivity index (χ2v) is 12.4. The van der Waals surface area contributed by atoms with Gasteiger partial charge < -0.3 is 20.1 Å². The van der Waals surface area contributed by atoms with E-state index in [2.05, 4.69) is 5.32 Å². The van der Waals surface area contributed by atoms with Crippen molar-refractivity contribution in [2.24, 2.45) is 17.8 Å². The number of hydrogen-bond acceptors (Lipinski definition) is 6. The number of nitrogens with zero attached hydrogens (tertiary/aromatic N) is 1. The molecule has 4 rings (SSSR count). The molecule has 7 nitrogen and oxygen atoms in total. The molecule has 1 spiro atoms. The van der Waals surface area contributed by atoms with Crippen LogP contribution in [-0.2, 0) is 19.1 Å². The zero-order valence-corrected chi connectivity index (χ0v) is 21.8. The Morgan fingerprint density at radius 1 is 1.35 bits per heavy atom. The molecule has 3 saturated heterocycles. The van der Waals surface area contributed by atoms with E-state index >= 15 is 0 Å². The summed E-state index contributed by atoms with van der Waals surface area (Å²) < 4.78 is 4.14. The van der Waals surface area contributed by atoms with E-state index in [0.29, 0.717) is 23.6 Å². The highest BCUT2D eigenvalue weighted by Gasteiger charge is 2.78. The van der Waals surface area contributed by atoms with E-state index in [1.54, 1.807) is 29.7 Å².